The minimum atomic E-state index is -3.55. The first-order valence-electron chi connectivity index (χ1n) is 7.61. The Labute approximate surface area is 139 Å². The third-order valence-corrected chi connectivity index (χ3v) is 4.70. The summed E-state index contributed by atoms with van der Waals surface area (Å²) in [5, 5.41) is 2.80. The van der Waals surface area contributed by atoms with Gasteiger partial charge in [-0.15, -0.1) is 0 Å². The minimum absolute atomic E-state index is 0.297. The quantitative estimate of drug-likeness (QED) is 0.722. The molecule has 1 aromatic carbocycles. The van der Waals surface area contributed by atoms with Crippen LogP contribution >= 0.6 is 0 Å². The van der Waals surface area contributed by atoms with Gasteiger partial charge in [0.05, 0.1) is 11.9 Å². The van der Waals surface area contributed by atoms with Crippen molar-refractivity contribution in [3.8, 4) is 0 Å². The zero-order chi connectivity index (χ0) is 17.6. The van der Waals surface area contributed by atoms with Crippen LogP contribution in [0.3, 0.4) is 0 Å². The Hall–Kier alpha value is -1.60. The Morgan fingerprint density at radius 1 is 1.22 bits per heavy atom. The molecule has 1 amide bonds. The lowest BCUT2D eigenvalue weighted by atomic mass is 10.2. The largest absolute Gasteiger partial charge is 0.354 e. The first-order valence-corrected chi connectivity index (χ1v) is 9.46. The lowest BCUT2D eigenvalue weighted by Gasteiger charge is -2.28. The van der Waals surface area contributed by atoms with Crippen LogP contribution in [0.2, 0.25) is 0 Å². The first-order chi connectivity index (χ1) is 10.6. The number of anilines is 1. The van der Waals surface area contributed by atoms with E-state index in [0.29, 0.717) is 12.2 Å². The second-order valence-electron chi connectivity index (χ2n) is 6.02. The fourth-order valence-corrected chi connectivity index (χ4v) is 3.43. The number of hydrogen-bond acceptors (Lipinski definition) is 4. The van der Waals surface area contributed by atoms with Crippen molar-refractivity contribution in [1.82, 2.24) is 10.2 Å². The summed E-state index contributed by atoms with van der Waals surface area (Å²) in [7, 11) is 0.376. The fraction of sp³-hybridized carbons (Fsp3) is 0.562. The standard InChI is InChI=1S/C16H27N3O3S/c1-13-7-9-15(10-8-13)19(23(5,21)22)14(2)16(20)17-11-6-12-18(3)4/h7-10,14H,6,11-12H2,1-5H3,(H,17,20). The zero-order valence-corrected chi connectivity index (χ0v) is 15.4. The number of carbonyl (C=O) groups excluding carboxylic acids is 1. The van der Waals surface area contributed by atoms with E-state index in [9.17, 15) is 13.2 Å². The molecule has 6 nitrogen and oxygen atoms in total. The molecule has 130 valence electrons. The number of benzene rings is 1. The maximum Gasteiger partial charge on any atom is 0.243 e. The second-order valence-corrected chi connectivity index (χ2v) is 7.88. The maximum absolute atomic E-state index is 12.3. The van der Waals surface area contributed by atoms with Crippen molar-refractivity contribution in [2.45, 2.75) is 26.3 Å². The predicted octanol–water partition coefficient (Wildman–Crippen LogP) is 1.22. The molecule has 7 heteroatoms. The molecule has 0 aliphatic carbocycles. The van der Waals surface area contributed by atoms with E-state index >= 15 is 0 Å². The number of aryl methyl sites for hydroxylation is 1. The summed E-state index contributed by atoms with van der Waals surface area (Å²) in [4.78, 5) is 14.3. The molecule has 0 saturated carbocycles. The van der Waals surface area contributed by atoms with E-state index in [1.165, 1.54) is 0 Å². The molecule has 1 unspecified atom stereocenters. The van der Waals surface area contributed by atoms with Crippen LogP contribution in [-0.4, -0.2) is 58.7 Å². The molecule has 0 aliphatic rings. The smallest absolute Gasteiger partial charge is 0.243 e. The molecular formula is C16H27N3O3S. The number of hydrogen-bond donors (Lipinski definition) is 1. The molecule has 1 N–H and O–H groups in total. The van der Waals surface area contributed by atoms with Gasteiger partial charge in [-0.2, -0.15) is 0 Å². The van der Waals surface area contributed by atoms with E-state index in [1.54, 1.807) is 19.1 Å². The summed E-state index contributed by atoms with van der Waals surface area (Å²) >= 11 is 0. The number of carbonyl (C=O) groups is 1. The molecular weight excluding hydrogens is 314 g/mol. The predicted molar refractivity (Wildman–Crippen MR) is 94.1 cm³/mol. The van der Waals surface area contributed by atoms with Crippen LogP contribution in [0.25, 0.3) is 0 Å². The van der Waals surface area contributed by atoms with Crippen molar-refractivity contribution in [2.24, 2.45) is 0 Å². The topological polar surface area (TPSA) is 69.7 Å². The number of nitrogens with one attached hydrogen (secondary N) is 1. The van der Waals surface area contributed by atoms with Gasteiger partial charge in [0.2, 0.25) is 15.9 Å². The molecule has 0 saturated heterocycles. The number of rotatable bonds is 8. The van der Waals surface area contributed by atoms with Gasteiger partial charge in [-0.25, -0.2) is 8.42 Å². The molecule has 0 radical (unpaired) electrons. The molecule has 1 rings (SSSR count). The van der Waals surface area contributed by atoms with Crippen LogP contribution in [0.4, 0.5) is 5.69 Å². The number of nitrogens with zero attached hydrogens (tertiary/aromatic N) is 2. The van der Waals surface area contributed by atoms with Crippen molar-refractivity contribution in [3.63, 3.8) is 0 Å². The molecule has 0 aromatic heterocycles. The highest BCUT2D eigenvalue weighted by molar-refractivity contribution is 7.92. The second kappa shape index (κ2) is 8.31. The monoisotopic (exact) mass is 341 g/mol. The van der Waals surface area contributed by atoms with Gasteiger partial charge >= 0.3 is 0 Å². The maximum atomic E-state index is 12.3. The fourth-order valence-electron chi connectivity index (χ4n) is 2.26. The van der Waals surface area contributed by atoms with Crippen molar-refractivity contribution in [3.05, 3.63) is 29.8 Å². The van der Waals surface area contributed by atoms with E-state index in [1.807, 2.05) is 38.1 Å². The normalized spacial score (nSPS) is 13.0. The Morgan fingerprint density at radius 3 is 2.26 bits per heavy atom. The molecule has 23 heavy (non-hydrogen) atoms. The van der Waals surface area contributed by atoms with Gasteiger partial charge in [-0.3, -0.25) is 9.10 Å². The van der Waals surface area contributed by atoms with Gasteiger partial charge < -0.3 is 10.2 Å². The summed E-state index contributed by atoms with van der Waals surface area (Å²) in [6.07, 6.45) is 1.93. The molecule has 1 aromatic rings. The lowest BCUT2D eigenvalue weighted by Crippen LogP contribution is -2.48. The van der Waals surface area contributed by atoms with Gasteiger partial charge in [0.1, 0.15) is 6.04 Å². The van der Waals surface area contributed by atoms with E-state index in [-0.39, 0.29) is 5.91 Å². The minimum Gasteiger partial charge on any atom is -0.354 e. The summed E-state index contributed by atoms with van der Waals surface area (Å²) < 4.78 is 25.4. The van der Waals surface area contributed by atoms with Gasteiger partial charge in [-0.05, 0) is 53.0 Å². The average Bonchev–Trinajstić information content (AvgIpc) is 2.44. The van der Waals surface area contributed by atoms with Crippen molar-refractivity contribution >= 4 is 21.6 Å². The summed E-state index contributed by atoms with van der Waals surface area (Å²) in [5.74, 6) is -0.297. The Morgan fingerprint density at radius 2 is 1.78 bits per heavy atom. The SMILES string of the molecule is Cc1ccc(N(C(C)C(=O)NCCCN(C)C)S(C)(=O)=O)cc1. The van der Waals surface area contributed by atoms with Crippen molar-refractivity contribution in [1.29, 1.82) is 0 Å². The van der Waals surface area contributed by atoms with Gasteiger partial charge in [0.25, 0.3) is 0 Å². The highest BCUT2D eigenvalue weighted by atomic mass is 32.2. The van der Waals surface area contributed by atoms with E-state index in [2.05, 4.69) is 5.32 Å². The summed E-state index contributed by atoms with van der Waals surface area (Å²) in [5.41, 5.74) is 1.53. The van der Waals surface area contributed by atoms with Crippen LogP contribution in [0, 0.1) is 6.92 Å². The Bertz CT molecular complexity index is 612. The van der Waals surface area contributed by atoms with E-state index in [0.717, 1.165) is 29.1 Å². The van der Waals surface area contributed by atoms with Crippen LogP contribution in [0.5, 0.6) is 0 Å². The Kier molecular flexibility index (Phi) is 7.02. The number of sulfonamides is 1. The number of amides is 1. The van der Waals surface area contributed by atoms with Gasteiger partial charge in [0.15, 0.2) is 0 Å². The van der Waals surface area contributed by atoms with Crippen LogP contribution < -0.4 is 9.62 Å². The summed E-state index contributed by atoms with van der Waals surface area (Å²) in [6.45, 7) is 4.91. The van der Waals surface area contributed by atoms with E-state index < -0.39 is 16.1 Å². The average molecular weight is 341 g/mol. The summed E-state index contributed by atoms with van der Waals surface area (Å²) in [6, 6.07) is 6.29. The Balaban J connectivity index is 2.83. The van der Waals surface area contributed by atoms with Crippen LogP contribution in [-0.2, 0) is 14.8 Å². The third kappa shape index (κ3) is 6.19. The van der Waals surface area contributed by atoms with Crippen LogP contribution in [0.15, 0.2) is 24.3 Å². The molecule has 0 fully saturated rings. The van der Waals surface area contributed by atoms with E-state index in [4.69, 9.17) is 0 Å². The van der Waals surface area contributed by atoms with Crippen LogP contribution in [0.1, 0.15) is 18.9 Å². The van der Waals surface area contributed by atoms with Crippen molar-refractivity contribution in [2.75, 3.05) is 37.7 Å². The third-order valence-electron chi connectivity index (χ3n) is 3.46. The molecule has 0 spiro atoms. The highest BCUT2D eigenvalue weighted by Crippen LogP contribution is 2.21. The lowest BCUT2D eigenvalue weighted by molar-refractivity contribution is -0.121. The molecule has 0 heterocycles. The highest BCUT2D eigenvalue weighted by Gasteiger charge is 2.28. The van der Waals surface area contributed by atoms with Gasteiger partial charge in [-0.1, -0.05) is 17.7 Å². The molecule has 0 bridgehead atoms. The molecule has 0 aliphatic heterocycles. The zero-order valence-electron chi connectivity index (χ0n) is 14.5. The van der Waals surface area contributed by atoms with Gasteiger partial charge in [0, 0.05) is 6.54 Å². The first kappa shape index (κ1) is 19.4. The van der Waals surface area contributed by atoms with Crippen molar-refractivity contribution < 1.29 is 13.2 Å². The molecule has 1 atom stereocenters.